The Balaban J connectivity index is 1.58. The van der Waals surface area contributed by atoms with Crippen LogP contribution in [0.4, 0.5) is 5.69 Å². The zero-order chi connectivity index (χ0) is 20.8. The number of amides is 1. The molecule has 2 aromatic carbocycles. The SMILES string of the molecule is Cc1cccc(C)c1NC(=O)[C@@H](C)OC(=O)/C=C/c1ccc2c(c1)OCCCO2. The Bertz CT molecular complexity index is 915. The molecule has 0 saturated carbocycles. The number of esters is 1. The molecule has 1 aliphatic heterocycles. The topological polar surface area (TPSA) is 73.9 Å². The summed E-state index contributed by atoms with van der Waals surface area (Å²) < 4.78 is 16.5. The number of fused-ring (bicyclic) bond motifs is 1. The minimum Gasteiger partial charge on any atom is -0.490 e. The lowest BCUT2D eigenvalue weighted by molar-refractivity contribution is -0.148. The van der Waals surface area contributed by atoms with Crippen molar-refractivity contribution < 1.29 is 23.8 Å². The Morgan fingerprint density at radius 3 is 2.48 bits per heavy atom. The minimum atomic E-state index is -0.921. The van der Waals surface area contributed by atoms with Gasteiger partial charge in [0.2, 0.25) is 0 Å². The van der Waals surface area contributed by atoms with Crippen LogP contribution < -0.4 is 14.8 Å². The summed E-state index contributed by atoms with van der Waals surface area (Å²) in [5.41, 5.74) is 3.42. The van der Waals surface area contributed by atoms with Crippen molar-refractivity contribution in [3.05, 3.63) is 59.2 Å². The molecule has 1 heterocycles. The lowest BCUT2D eigenvalue weighted by Crippen LogP contribution is -2.30. The molecule has 1 atom stereocenters. The number of carbonyl (C=O) groups excluding carboxylic acids is 2. The number of nitrogens with one attached hydrogen (secondary N) is 1. The molecule has 2 aromatic rings. The number of hydrogen-bond donors (Lipinski definition) is 1. The van der Waals surface area contributed by atoms with E-state index in [1.54, 1.807) is 13.0 Å². The van der Waals surface area contributed by atoms with Gasteiger partial charge in [0, 0.05) is 18.2 Å². The largest absolute Gasteiger partial charge is 0.490 e. The Kier molecular flexibility index (Phi) is 6.54. The second-order valence-corrected chi connectivity index (χ2v) is 6.93. The number of rotatable bonds is 5. The highest BCUT2D eigenvalue weighted by molar-refractivity contribution is 5.97. The van der Waals surface area contributed by atoms with Gasteiger partial charge in [-0.1, -0.05) is 24.3 Å². The van der Waals surface area contributed by atoms with Crippen molar-refractivity contribution in [2.45, 2.75) is 33.3 Å². The van der Waals surface area contributed by atoms with Gasteiger partial charge in [0.1, 0.15) is 0 Å². The molecule has 3 rings (SSSR count). The van der Waals surface area contributed by atoms with E-state index in [4.69, 9.17) is 14.2 Å². The van der Waals surface area contributed by atoms with E-state index in [0.717, 1.165) is 28.8 Å². The highest BCUT2D eigenvalue weighted by atomic mass is 16.5. The normalized spacial score (nSPS) is 14.2. The molecule has 152 valence electrons. The first-order chi connectivity index (χ1) is 13.9. The average Bonchev–Trinajstić information content (AvgIpc) is 2.94. The maximum Gasteiger partial charge on any atom is 0.331 e. The van der Waals surface area contributed by atoms with E-state index >= 15 is 0 Å². The van der Waals surface area contributed by atoms with Crippen LogP contribution in [0.3, 0.4) is 0 Å². The molecule has 6 heteroatoms. The zero-order valence-electron chi connectivity index (χ0n) is 16.9. The van der Waals surface area contributed by atoms with Gasteiger partial charge in [-0.15, -0.1) is 0 Å². The predicted octanol–water partition coefficient (Wildman–Crippen LogP) is 4.05. The second-order valence-electron chi connectivity index (χ2n) is 6.93. The highest BCUT2D eigenvalue weighted by Crippen LogP contribution is 2.30. The molecule has 0 aromatic heterocycles. The Labute approximate surface area is 170 Å². The van der Waals surface area contributed by atoms with Gasteiger partial charge in [-0.3, -0.25) is 4.79 Å². The fourth-order valence-corrected chi connectivity index (χ4v) is 2.95. The molecule has 1 amide bonds. The third-order valence-corrected chi connectivity index (χ3v) is 4.57. The first kappa shape index (κ1) is 20.5. The van der Waals surface area contributed by atoms with Crippen LogP contribution in [0, 0.1) is 13.8 Å². The van der Waals surface area contributed by atoms with Gasteiger partial charge >= 0.3 is 5.97 Å². The molecule has 1 aliphatic rings. The molecule has 0 radical (unpaired) electrons. The van der Waals surface area contributed by atoms with Crippen LogP contribution in [0.2, 0.25) is 0 Å². The number of carbonyl (C=O) groups is 2. The van der Waals surface area contributed by atoms with Crippen molar-refractivity contribution in [3.63, 3.8) is 0 Å². The summed E-state index contributed by atoms with van der Waals surface area (Å²) in [7, 11) is 0. The number of ether oxygens (including phenoxy) is 3. The van der Waals surface area contributed by atoms with Gasteiger partial charge in [0.15, 0.2) is 17.6 Å². The van der Waals surface area contributed by atoms with Crippen molar-refractivity contribution in [3.8, 4) is 11.5 Å². The summed E-state index contributed by atoms with van der Waals surface area (Å²) in [6.45, 7) is 6.59. The van der Waals surface area contributed by atoms with Crippen LogP contribution in [-0.4, -0.2) is 31.2 Å². The molecule has 6 nitrogen and oxygen atoms in total. The van der Waals surface area contributed by atoms with E-state index in [1.807, 2.05) is 50.2 Å². The first-order valence-electron chi connectivity index (χ1n) is 9.59. The van der Waals surface area contributed by atoms with Gasteiger partial charge in [-0.05, 0) is 55.7 Å². The minimum absolute atomic E-state index is 0.375. The van der Waals surface area contributed by atoms with Crippen molar-refractivity contribution in [2.75, 3.05) is 18.5 Å². The van der Waals surface area contributed by atoms with Crippen LogP contribution in [0.25, 0.3) is 6.08 Å². The monoisotopic (exact) mass is 395 g/mol. The molecule has 1 N–H and O–H groups in total. The number of anilines is 1. The molecular weight excluding hydrogens is 370 g/mol. The summed E-state index contributed by atoms with van der Waals surface area (Å²) in [4.78, 5) is 24.5. The fourth-order valence-electron chi connectivity index (χ4n) is 2.95. The molecule has 0 spiro atoms. The third kappa shape index (κ3) is 5.38. The van der Waals surface area contributed by atoms with Gasteiger partial charge < -0.3 is 19.5 Å². The summed E-state index contributed by atoms with van der Waals surface area (Å²) in [6, 6.07) is 11.2. The van der Waals surface area contributed by atoms with E-state index in [-0.39, 0.29) is 5.91 Å². The Hall–Kier alpha value is -3.28. The standard InChI is InChI=1S/C23H25NO5/c1-15-6-4-7-16(2)22(15)24-23(26)17(3)29-21(25)11-9-18-8-10-19-20(14-18)28-13-5-12-27-19/h4,6-11,14,17H,5,12-13H2,1-3H3,(H,24,26)/b11-9+/t17-/m1/s1. The van der Waals surface area contributed by atoms with Crippen molar-refractivity contribution >= 4 is 23.6 Å². The van der Waals surface area contributed by atoms with Gasteiger partial charge in [0.25, 0.3) is 5.91 Å². The van der Waals surface area contributed by atoms with Crippen LogP contribution in [0.15, 0.2) is 42.5 Å². The first-order valence-corrected chi connectivity index (χ1v) is 9.59. The van der Waals surface area contributed by atoms with Gasteiger partial charge in [-0.2, -0.15) is 0 Å². The quantitative estimate of drug-likeness (QED) is 0.611. The van der Waals surface area contributed by atoms with Crippen LogP contribution in [-0.2, 0) is 14.3 Å². The molecule has 0 saturated heterocycles. The fraction of sp³-hybridized carbons (Fsp3) is 0.304. The Morgan fingerprint density at radius 2 is 1.76 bits per heavy atom. The lowest BCUT2D eigenvalue weighted by atomic mass is 10.1. The number of benzene rings is 2. The number of aryl methyl sites for hydroxylation is 2. The van der Waals surface area contributed by atoms with E-state index < -0.39 is 12.1 Å². The molecule has 0 aliphatic carbocycles. The molecule has 0 fully saturated rings. The zero-order valence-corrected chi connectivity index (χ0v) is 16.9. The van der Waals surface area contributed by atoms with Crippen LogP contribution in [0.5, 0.6) is 11.5 Å². The summed E-state index contributed by atoms with van der Waals surface area (Å²) >= 11 is 0. The maximum atomic E-state index is 12.4. The van der Waals surface area contributed by atoms with E-state index in [0.29, 0.717) is 24.7 Å². The van der Waals surface area contributed by atoms with Gasteiger partial charge in [-0.25, -0.2) is 4.79 Å². The second kappa shape index (κ2) is 9.28. The van der Waals surface area contributed by atoms with Crippen molar-refractivity contribution in [1.29, 1.82) is 0 Å². The van der Waals surface area contributed by atoms with Crippen molar-refractivity contribution in [1.82, 2.24) is 0 Å². The molecular formula is C23H25NO5. The van der Waals surface area contributed by atoms with Crippen LogP contribution in [0.1, 0.15) is 30.0 Å². The highest BCUT2D eigenvalue weighted by Gasteiger charge is 2.18. The van der Waals surface area contributed by atoms with Gasteiger partial charge in [0.05, 0.1) is 13.2 Å². The summed E-state index contributed by atoms with van der Waals surface area (Å²) in [5.74, 6) is 0.374. The maximum absolute atomic E-state index is 12.4. The van der Waals surface area contributed by atoms with E-state index in [9.17, 15) is 9.59 Å². The van der Waals surface area contributed by atoms with E-state index in [2.05, 4.69) is 5.32 Å². The van der Waals surface area contributed by atoms with Crippen molar-refractivity contribution in [2.24, 2.45) is 0 Å². The average molecular weight is 395 g/mol. The predicted molar refractivity (Wildman–Crippen MR) is 111 cm³/mol. The number of hydrogen-bond acceptors (Lipinski definition) is 5. The molecule has 29 heavy (non-hydrogen) atoms. The summed E-state index contributed by atoms with van der Waals surface area (Å²) in [6.07, 6.45) is 2.82. The third-order valence-electron chi connectivity index (χ3n) is 4.57. The lowest BCUT2D eigenvalue weighted by Gasteiger charge is -2.15. The Morgan fingerprint density at radius 1 is 1.07 bits per heavy atom. The smallest absolute Gasteiger partial charge is 0.331 e. The molecule has 0 bridgehead atoms. The van der Waals surface area contributed by atoms with Crippen LogP contribution >= 0.6 is 0 Å². The van der Waals surface area contributed by atoms with E-state index in [1.165, 1.54) is 6.08 Å². The summed E-state index contributed by atoms with van der Waals surface area (Å²) in [5, 5.41) is 2.83. The molecule has 0 unspecified atom stereocenters. The number of para-hydroxylation sites is 1.